The maximum absolute atomic E-state index is 13.6. The zero-order valence-corrected chi connectivity index (χ0v) is 30.9. The van der Waals surface area contributed by atoms with Crippen LogP contribution >= 0.6 is 0 Å². The second-order valence-electron chi connectivity index (χ2n) is 16.2. The van der Waals surface area contributed by atoms with Crippen molar-refractivity contribution in [2.75, 3.05) is 7.11 Å². The van der Waals surface area contributed by atoms with Crippen LogP contribution in [0.4, 0.5) is 0 Å². The number of ether oxygens (including phenoxy) is 3. The molecule has 1 heterocycles. The summed E-state index contributed by atoms with van der Waals surface area (Å²) in [7, 11) is 1.55. The lowest BCUT2D eigenvalue weighted by Gasteiger charge is -2.42. The molecule has 1 aromatic rings. The largest absolute Gasteiger partial charge is 0.493 e. The molecule has 0 amide bonds. The van der Waals surface area contributed by atoms with Crippen LogP contribution in [0.3, 0.4) is 0 Å². The normalized spacial score (nSPS) is 18.8. The molecule has 1 aromatic carbocycles. The van der Waals surface area contributed by atoms with E-state index in [0.717, 1.165) is 24.8 Å². The van der Waals surface area contributed by atoms with Crippen LogP contribution in [0.1, 0.15) is 175 Å². The van der Waals surface area contributed by atoms with Gasteiger partial charge in [-0.05, 0) is 34.9 Å². The van der Waals surface area contributed by atoms with Crippen LogP contribution in [-0.2, 0) is 19.1 Å². The zero-order chi connectivity index (χ0) is 34.7. The van der Waals surface area contributed by atoms with Crippen molar-refractivity contribution in [1.29, 1.82) is 0 Å². The van der Waals surface area contributed by atoms with E-state index < -0.39 is 5.92 Å². The molecule has 0 unspecified atom stereocenters. The molecule has 4 rings (SSSR count). The number of hydrogen-bond donors (Lipinski definition) is 0. The highest BCUT2D eigenvalue weighted by Gasteiger charge is 2.48. The minimum Gasteiger partial charge on any atom is -0.493 e. The fourth-order valence-corrected chi connectivity index (χ4v) is 7.77. The fourth-order valence-electron chi connectivity index (χ4n) is 7.77. The smallest absolute Gasteiger partial charge is 0.311 e. The van der Waals surface area contributed by atoms with Gasteiger partial charge in [-0.15, -0.1) is 0 Å². The lowest BCUT2D eigenvalue weighted by atomic mass is 9.65. The third-order valence-corrected chi connectivity index (χ3v) is 10.3. The maximum atomic E-state index is 13.6. The molecular formula is C42H62O6. The number of carbonyl (C=O) groups is 3. The number of esters is 1. The van der Waals surface area contributed by atoms with Gasteiger partial charge in [0.05, 0.1) is 7.11 Å². The van der Waals surface area contributed by atoms with Crippen molar-refractivity contribution in [1.82, 2.24) is 0 Å². The topological polar surface area (TPSA) is 78.9 Å². The van der Waals surface area contributed by atoms with E-state index in [1.807, 2.05) is 12.1 Å². The van der Waals surface area contributed by atoms with Crippen LogP contribution < -0.4 is 9.47 Å². The van der Waals surface area contributed by atoms with Crippen LogP contribution in [0.25, 0.3) is 0 Å². The maximum Gasteiger partial charge on any atom is 0.311 e. The molecule has 0 aromatic heterocycles. The van der Waals surface area contributed by atoms with Crippen molar-refractivity contribution in [3.8, 4) is 11.5 Å². The number of carbonyl (C=O) groups excluding carboxylic acids is 3. The second kappa shape index (κ2) is 17.7. The molecule has 0 fully saturated rings. The van der Waals surface area contributed by atoms with Gasteiger partial charge in [-0.1, -0.05) is 131 Å². The van der Waals surface area contributed by atoms with Crippen molar-refractivity contribution in [3.63, 3.8) is 0 Å². The highest BCUT2D eigenvalue weighted by molar-refractivity contribution is 6.06. The van der Waals surface area contributed by atoms with Crippen molar-refractivity contribution in [2.24, 2.45) is 10.8 Å². The standard InChI is InChI=1S/C42H62O6/c1-7-8-9-10-11-12-13-14-15-16-17-18-19-20-21-22-37(45)48-33-24-23-30(25-34(33)46-6)38-39-31(43)26-41(2,3)28-35(39)47-36-29-42(4,5)27-32(44)40(36)38/h23-25,38H,7-22,26-29H2,1-6H3. The van der Waals surface area contributed by atoms with Gasteiger partial charge in [-0.25, -0.2) is 0 Å². The Bertz CT molecular complexity index is 1290. The minimum atomic E-state index is -0.519. The molecule has 0 spiro atoms. The SMILES string of the molecule is CCCCCCCCCCCCCCCCCC(=O)Oc1ccc(C2C3=C(CC(C)(C)CC3=O)OC3=C2C(=O)CC(C)(C)C3)cc1OC. The summed E-state index contributed by atoms with van der Waals surface area (Å²) in [5.41, 5.74) is 1.52. The van der Waals surface area contributed by atoms with Crippen molar-refractivity contribution in [2.45, 2.75) is 169 Å². The summed E-state index contributed by atoms with van der Waals surface area (Å²) in [5, 5.41) is 0. The molecule has 0 atom stereocenters. The summed E-state index contributed by atoms with van der Waals surface area (Å²) in [5.74, 6) is 1.39. The molecule has 266 valence electrons. The van der Waals surface area contributed by atoms with Gasteiger partial charge in [0.2, 0.25) is 0 Å². The molecule has 48 heavy (non-hydrogen) atoms. The summed E-state index contributed by atoms with van der Waals surface area (Å²) in [4.78, 5) is 40.0. The molecular weight excluding hydrogens is 600 g/mol. The average molecular weight is 663 g/mol. The van der Waals surface area contributed by atoms with Gasteiger partial charge in [0.25, 0.3) is 0 Å². The van der Waals surface area contributed by atoms with Gasteiger partial charge in [-0.2, -0.15) is 0 Å². The van der Waals surface area contributed by atoms with E-state index >= 15 is 0 Å². The summed E-state index contributed by atoms with van der Waals surface area (Å²) >= 11 is 0. The number of rotatable bonds is 19. The number of benzene rings is 1. The van der Waals surface area contributed by atoms with Gasteiger partial charge in [0, 0.05) is 49.2 Å². The Labute approximate surface area is 290 Å². The highest BCUT2D eigenvalue weighted by Crippen LogP contribution is 2.53. The summed E-state index contributed by atoms with van der Waals surface area (Å²) in [6, 6.07) is 5.43. The molecule has 3 aliphatic rings. The lowest BCUT2D eigenvalue weighted by Crippen LogP contribution is -2.37. The van der Waals surface area contributed by atoms with E-state index in [-0.39, 0.29) is 28.4 Å². The summed E-state index contributed by atoms with van der Waals surface area (Å²) in [6.07, 6.45) is 21.6. The molecule has 6 nitrogen and oxygen atoms in total. The molecule has 0 radical (unpaired) electrons. The van der Waals surface area contributed by atoms with Crippen LogP contribution in [0.15, 0.2) is 40.9 Å². The third-order valence-electron chi connectivity index (χ3n) is 10.3. The van der Waals surface area contributed by atoms with Crippen LogP contribution in [0.2, 0.25) is 0 Å². The Morgan fingerprint density at radius 2 is 1.15 bits per heavy atom. The Kier molecular flexibility index (Phi) is 14.0. The Morgan fingerprint density at radius 3 is 1.60 bits per heavy atom. The zero-order valence-electron chi connectivity index (χ0n) is 30.9. The lowest BCUT2D eigenvalue weighted by molar-refractivity contribution is -0.134. The van der Waals surface area contributed by atoms with Gasteiger partial charge in [0.15, 0.2) is 23.1 Å². The van der Waals surface area contributed by atoms with Crippen molar-refractivity contribution >= 4 is 17.5 Å². The quantitative estimate of drug-likeness (QED) is 0.0833. The number of unbranched alkanes of at least 4 members (excludes halogenated alkanes) is 14. The number of Topliss-reactive ketones (excluding diaryl/α,β-unsaturated/α-hetero) is 2. The monoisotopic (exact) mass is 662 g/mol. The third kappa shape index (κ3) is 10.6. The van der Waals surface area contributed by atoms with Crippen molar-refractivity contribution < 1.29 is 28.6 Å². The highest BCUT2D eigenvalue weighted by atomic mass is 16.6. The number of methoxy groups -OCH3 is 1. The predicted molar refractivity (Wildman–Crippen MR) is 192 cm³/mol. The van der Waals surface area contributed by atoms with Crippen LogP contribution in [-0.4, -0.2) is 24.6 Å². The van der Waals surface area contributed by atoms with Gasteiger partial charge < -0.3 is 14.2 Å². The first kappa shape index (κ1) is 37.9. The van der Waals surface area contributed by atoms with E-state index in [1.165, 1.54) is 77.0 Å². The second-order valence-corrected chi connectivity index (χ2v) is 16.2. The predicted octanol–water partition coefficient (Wildman–Crippen LogP) is 11.3. The molecule has 0 bridgehead atoms. The van der Waals surface area contributed by atoms with E-state index in [9.17, 15) is 14.4 Å². The number of ketones is 2. The molecule has 6 heteroatoms. The number of hydrogen-bond acceptors (Lipinski definition) is 6. The molecule has 1 aliphatic heterocycles. The first-order valence-corrected chi connectivity index (χ1v) is 19.0. The molecule has 0 saturated heterocycles. The van der Waals surface area contributed by atoms with Gasteiger partial charge in [0.1, 0.15) is 11.5 Å². The van der Waals surface area contributed by atoms with E-state index in [0.29, 0.717) is 66.3 Å². The number of allylic oxidation sites excluding steroid dienone is 4. The Balaban J connectivity index is 1.28. The van der Waals surface area contributed by atoms with Crippen LogP contribution in [0, 0.1) is 10.8 Å². The summed E-state index contributed by atoms with van der Waals surface area (Å²) < 4.78 is 17.9. The molecule has 0 N–H and O–H groups in total. The molecule has 0 saturated carbocycles. The van der Waals surface area contributed by atoms with E-state index in [1.54, 1.807) is 13.2 Å². The van der Waals surface area contributed by atoms with E-state index in [2.05, 4.69) is 34.6 Å². The van der Waals surface area contributed by atoms with Crippen LogP contribution in [0.5, 0.6) is 11.5 Å². The Hall–Kier alpha value is -2.89. The van der Waals surface area contributed by atoms with E-state index in [4.69, 9.17) is 14.2 Å². The summed E-state index contributed by atoms with van der Waals surface area (Å²) in [6.45, 7) is 10.6. The van der Waals surface area contributed by atoms with Gasteiger partial charge >= 0.3 is 5.97 Å². The molecule has 2 aliphatic carbocycles. The Morgan fingerprint density at radius 1 is 0.688 bits per heavy atom. The van der Waals surface area contributed by atoms with Crippen molar-refractivity contribution in [3.05, 3.63) is 46.4 Å². The van der Waals surface area contributed by atoms with Gasteiger partial charge in [-0.3, -0.25) is 14.4 Å². The average Bonchev–Trinajstić information content (AvgIpc) is 3.01. The fraction of sp³-hybridized carbons (Fsp3) is 0.690. The minimum absolute atomic E-state index is 0.0217. The first-order valence-electron chi connectivity index (χ1n) is 19.0. The first-order chi connectivity index (χ1) is 22.9.